The first-order valence-corrected chi connectivity index (χ1v) is 9.09. The molecule has 1 aromatic carbocycles. The van der Waals surface area contributed by atoms with Crippen molar-refractivity contribution in [2.45, 2.75) is 4.90 Å². The summed E-state index contributed by atoms with van der Waals surface area (Å²) in [7, 11) is -2.16. The molecule has 0 saturated carbocycles. The van der Waals surface area contributed by atoms with Gasteiger partial charge in [-0.05, 0) is 18.2 Å². The SMILES string of the molecule is COS(=O)Oc1ccc(N(C)OS(C)=O)cc1S(=O)(=O)O. The monoisotopic (exact) mass is 359 g/mol. The van der Waals surface area contributed by atoms with Crippen LogP contribution in [0.5, 0.6) is 5.75 Å². The summed E-state index contributed by atoms with van der Waals surface area (Å²) >= 11 is -3.84. The summed E-state index contributed by atoms with van der Waals surface area (Å²) in [6.07, 6.45) is 1.28. The number of benzene rings is 1. The zero-order valence-corrected chi connectivity index (χ0v) is 13.7. The van der Waals surface area contributed by atoms with Gasteiger partial charge in [0.1, 0.15) is 4.90 Å². The third kappa shape index (κ3) is 5.33. The lowest BCUT2D eigenvalue weighted by atomic mass is 10.3. The average molecular weight is 359 g/mol. The first-order valence-electron chi connectivity index (χ1n) is 5.17. The van der Waals surface area contributed by atoms with E-state index in [4.69, 9.17) is 8.47 Å². The molecule has 0 aliphatic rings. The molecule has 0 fully saturated rings. The fourth-order valence-electron chi connectivity index (χ4n) is 1.27. The van der Waals surface area contributed by atoms with Crippen molar-refractivity contribution in [1.82, 2.24) is 0 Å². The molecule has 0 aromatic heterocycles. The van der Waals surface area contributed by atoms with E-state index in [0.29, 0.717) is 0 Å². The van der Waals surface area contributed by atoms with Gasteiger partial charge in [0.05, 0.1) is 12.8 Å². The zero-order chi connectivity index (χ0) is 16.2. The van der Waals surface area contributed by atoms with Gasteiger partial charge >= 0.3 is 11.4 Å². The van der Waals surface area contributed by atoms with Crippen LogP contribution in [0, 0.1) is 0 Å². The first-order chi connectivity index (χ1) is 9.65. The maximum atomic E-state index is 11.3. The standard InChI is InChI=1S/C9H13NO8S3/c1-10(18-19(3)11)7-4-5-8(17-20(12)16-2)9(6-7)21(13,14)15/h4-6H,1-3H3,(H,13,14,15). The van der Waals surface area contributed by atoms with Crippen molar-refractivity contribution >= 4 is 38.2 Å². The van der Waals surface area contributed by atoms with Crippen LogP contribution >= 0.6 is 0 Å². The van der Waals surface area contributed by atoms with E-state index in [1.165, 1.54) is 19.4 Å². The van der Waals surface area contributed by atoms with Crippen LogP contribution < -0.4 is 9.25 Å². The van der Waals surface area contributed by atoms with Crippen molar-refractivity contribution in [3.8, 4) is 5.75 Å². The van der Waals surface area contributed by atoms with Crippen molar-refractivity contribution in [2.24, 2.45) is 0 Å². The second-order valence-electron chi connectivity index (χ2n) is 3.53. The highest BCUT2D eigenvalue weighted by molar-refractivity contribution is 7.86. The average Bonchev–Trinajstić information content (AvgIpc) is 2.36. The Bertz CT molecular complexity index is 659. The predicted octanol–water partition coefficient (Wildman–Crippen LogP) is 0.199. The summed E-state index contributed by atoms with van der Waals surface area (Å²) in [4.78, 5) is -0.636. The van der Waals surface area contributed by atoms with E-state index in [1.807, 2.05) is 0 Å². The molecule has 0 amide bonds. The van der Waals surface area contributed by atoms with Crippen LogP contribution in [0.3, 0.4) is 0 Å². The molecule has 0 saturated heterocycles. The Labute approximate surface area is 127 Å². The third-order valence-corrected chi connectivity index (χ3v) is 3.98. The Morgan fingerprint density at radius 1 is 1.29 bits per heavy atom. The topological polar surface area (TPSA) is 119 Å². The molecule has 1 aromatic rings. The molecule has 2 unspecified atom stereocenters. The molecule has 0 heterocycles. The predicted molar refractivity (Wildman–Crippen MR) is 75.6 cm³/mol. The van der Waals surface area contributed by atoms with Crippen molar-refractivity contribution in [3.05, 3.63) is 18.2 Å². The summed E-state index contributed by atoms with van der Waals surface area (Å²) in [5, 5.41) is 1.04. The molecule has 0 aliphatic heterocycles. The molecule has 9 nitrogen and oxygen atoms in total. The van der Waals surface area contributed by atoms with Crippen LogP contribution in [-0.2, 0) is 41.0 Å². The Morgan fingerprint density at radius 2 is 1.90 bits per heavy atom. The fourth-order valence-corrected chi connectivity index (χ4v) is 2.72. The van der Waals surface area contributed by atoms with Gasteiger partial charge in [-0.3, -0.25) is 8.74 Å². The van der Waals surface area contributed by atoms with Crippen LogP contribution in [-0.4, -0.2) is 41.8 Å². The normalized spacial score (nSPS) is 14.5. The quantitative estimate of drug-likeness (QED) is 0.537. The van der Waals surface area contributed by atoms with E-state index >= 15 is 0 Å². The molecule has 1 N–H and O–H groups in total. The largest absolute Gasteiger partial charge is 0.378 e. The number of rotatable bonds is 7. The molecule has 21 heavy (non-hydrogen) atoms. The van der Waals surface area contributed by atoms with E-state index in [9.17, 15) is 21.4 Å². The summed E-state index contributed by atoms with van der Waals surface area (Å²) in [5.41, 5.74) is 0.174. The maximum absolute atomic E-state index is 11.3. The summed E-state index contributed by atoms with van der Waals surface area (Å²) in [6.45, 7) is 0. The minimum absolute atomic E-state index is 0.174. The summed E-state index contributed by atoms with van der Waals surface area (Å²) in [5.74, 6) is -0.368. The minimum Gasteiger partial charge on any atom is -0.378 e. The molecule has 12 heteroatoms. The number of hydroxylamine groups is 1. The number of anilines is 1. The van der Waals surface area contributed by atoms with Crippen LogP contribution in [0.4, 0.5) is 5.69 Å². The Kier molecular flexibility index (Phi) is 6.24. The number of nitrogens with zero attached hydrogens (tertiary/aromatic N) is 1. The zero-order valence-electron chi connectivity index (χ0n) is 11.2. The molecule has 0 bridgehead atoms. The van der Waals surface area contributed by atoms with Crippen LogP contribution in [0.15, 0.2) is 23.1 Å². The van der Waals surface area contributed by atoms with Crippen molar-refractivity contribution in [3.63, 3.8) is 0 Å². The number of hydrogen-bond acceptors (Lipinski definition) is 8. The van der Waals surface area contributed by atoms with Crippen molar-refractivity contribution in [1.29, 1.82) is 0 Å². The maximum Gasteiger partial charge on any atom is 0.359 e. The van der Waals surface area contributed by atoms with Gasteiger partial charge in [-0.2, -0.15) is 16.9 Å². The van der Waals surface area contributed by atoms with Crippen molar-refractivity contribution < 1.29 is 34.0 Å². The lowest BCUT2D eigenvalue weighted by molar-refractivity contribution is 0.336. The third-order valence-electron chi connectivity index (χ3n) is 2.08. The highest BCUT2D eigenvalue weighted by atomic mass is 32.2. The van der Waals surface area contributed by atoms with E-state index in [0.717, 1.165) is 24.3 Å². The highest BCUT2D eigenvalue weighted by Crippen LogP contribution is 2.29. The van der Waals surface area contributed by atoms with Gasteiger partial charge in [0.15, 0.2) is 16.8 Å². The summed E-state index contributed by atoms with van der Waals surface area (Å²) < 4.78 is 67.9. The second kappa shape index (κ2) is 7.29. The molecule has 0 spiro atoms. The molecule has 0 radical (unpaired) electrons. The fraction of sp³-hybridized carbons (Fsp3) is 0.333. The molecule has 2 atom stereocenters. The number of hydrogen-bond donors (Lipinski definition) is 1. The highest BCUT2D eigenvalue weighted by Gasteiger charge is 2.21. The Balaban J connectivity index is 3.25. The van der Waals surface area contributed by atoms with Gasteiger partial charge in [0.25, 0.3) is 10.1 Å². The molecule has 120 valence electrons. The van der Waals surface area contributed by atoms with Crippen molar-refractivity contribution in [2.75, 3.05) is 25.5 Å². The van der Waals surface area contributed by atoms with Gasteiger partial charge < -0.3 is 4.18 Å². The van der Waals surface area contributed by atoms with Crippen LogP contribution in [0.25, 0.3) is 0 Å². The second-order valence-corrected chi connectivity index (χ2v) is 6.78. The van der Waals surface area contributed by atoms with Gasteiger partial charge in [-0.25, -0.2) is 9.27 Å². The lowest BCUT2D eigenvalue weighted by Crippen LogP contribution is -2.19. The van der Waals surface area contributed by atoms with Gasteiger partial charge in [0.2, 0.25) is 0 Å². The lowest BCUT2D eigenvalue weighted by Gasteiger charge is -2.17. The van der Waals surface area contributed by atoms with Crippen LogP contribution in [0.1, 0.15) is 0 Å². The van der Waals surface area contributed by atoms with E-state index in [2.05, 4.69) is 4.18 Å². The molecule has 0 aliphatic carbocycles. The minimum atomic E-state index is -4.64. The Hall–Kier alpha value is -1.05. The van der Waals surface area contributed by atoms with E-state index in [-0.39, 0.29) is 11.4 Å². The van der Waals surface area contributed by atoms with Gasteiger partial charge in [-0.1, -0.05) is 0 Å². The summed E-state index contributed by atoms with van der Waals surface area (Å²) in [6, 6.07) is 3.50. The Morgan fingerprint density at radius 3 is 2.38 bits per heavy atom. The van der Waals surface area contributed by atoms with E-state index in [1.54, 1.807) is 0 Å². The van der Waals surface area contributed by atoms with Gasteiger partial charge in [0, 0.05) is 13.3 Å². The van der Waals surface area contributed by atoms with Crippen LogP contribution in [0.2, 0.25) is 0 Å². The molecule has 1 rings (SSSR count). The molecular weight excluding hydrogens is 346 g/mol. The van der Waals surface area contributed by atoms with Gasteiger partial charge in [-0.15, -0.1) is 0 Å². The smallest absolute Gasteiger partial charge is 0.359 e. The molecular formula is C9H13NO8S3. The first kappa shape index (κ1) is 18.0. The van der Waals surface area contributed by atoms with E-state index < -0.39 is 37.5 Å².